The lowest BCUT2D eigenvalue weighted by Crippen LogP contribution is -2.28. The molecule has 1 fully saturated rings. The maximum absolute atomic E-state index is 10.8. The van der Waals surface area contributed by atoms with Crippen molar-refractivity contribution in [2.24, 2.45) is 5.41 Å². The molecule has 0 spiro atoms. The minimum absolute atomic E-state index is 0.0931. The summed E-state index contributed by atoms with van der Waals surface area (Å²) in [6.45, 7) is 4.32. The van der Waals surface area contributed by atoms with Gasteiger partial charge in [-0.25, -0.2) is 0 Å². The average molecular weight is 206 g/mol. The Morgan fingerprint density at radius 2 is 2.30 bits per heavy atom. The normalized spacial score (nSPS) is 27.7. The number of alkyl halides is 1. The van der Waals surface area contributed by atoms with Crippen LogP contribution in [-0.4, -0.2) is 17.3 Å². The van der Waals surface area contributed by atoms with E-state index in [2.05, 4.69) is 35.1 Å². The second-order valence-electron chi connectivity index (χ2n) is 3.45. The number of hydrogen-bond acceptors (Lipinski definition) is 1. The molecular weight excluding hydrogens is 194 g/mol. The van der Waals surface area contributed by atoms with E-state index in [1.165, 1.54) is 0 Å². The Bertz CT molecular complexity index is 156. The fourth-order valence-electron chi connectivity index (χ4n) is 0.946. The van der Waals surface area contributed by atoms with Crippen LogP contribution in [0, 0.1) is 5.41 Å². The Hall–Kier alpha value is -0.0500. The first-order valence-electron chi connectivity index (χ1n) is 3.41. The van der Waals surface area contributed by atoms with Crippen molar-refractivity contribution in [2.45, 2.75) is 26.3 Å². The number of carbonyl (C=O) groups excluding carboxylic acids is 1. The molecule has 0 saturated heterocycles. The Morgan fingerprint density at radius 3 is 2.60 bits per heavy atom. The lowest BCUT2D eigenvalue weighted by molar-refractivity contribution is -0.118. The molecule has 0 bridgehead atoms. The van der Waals surface area contributed by atoms with E-state index in [4.69, 9.17) is 0 Å². The number of amides is 1. The van der Waals surface area contributed by atoms with Gasteiger partial charge in [0.1, 0.15) is 0 Å². The summed E-state index contributed by atoms with van der Waals surface area (Å²) in [5, 5.41) is 3.32. The molecule has 58 valence electrons. The first-order valence-corrected chi connectivity index (χ1v) is 4.54. The van der Waals surface area contributed by atoms with Crippen molar-refractivity contribution in [2.75, 3.05) is 5.33 Å². The highest BCUT2D eigenvalue weighted by molar-refractivity contribution is 9.09. The highest BCUT2D eigenvalue weighted by Crippen LogP contribution is 2.44. The molecule has 0 aromatic rings. The second kappa shape index (κ2) is 2.53. The maximum atomic E-state index is 10.8. The highest BCUT2D eigenvalue weighted by atomic mass is 79.9. The Morgan fingerprint density at radius 1 is 1.80 bits per heavy atom. The van der Waals surface area contributed by atoms with Crippen LogP contribution < -0.4 is 5.32 Å². The smallest absolute Gasteiger partial charge is 0.230 e. The summed E-state index contributed by atoms with van der Waals surface area (Å²) in [6, 6.07) is 0.414. The van der Waals surface area contributed by atoms with E-state index < -0.39 is 0 Å². The van der Waals surface area contributed by atoms with Gasteiger partial charge in [-0.05, 0) is 11.8 Å². The number of hydrogen-bond donors (Lipinski definition) is 1. The lowest BCUT2D eigenvalue weighted by atomic mass is 10.2. The van der Waals surface area contributed by atoms with Crippen molar-refractivity contribution in [1.82, 2.24) is 5.32 Å². The van der Waals surface area contributed by atoms with Gasteiger partial charge in [-0.1, -0.05) is 29.8 Å². The molecule has 1 saturated carbocycles. The van der Waals surface area contributed by atoms with Crippen LogP contribution in [0.25, 0.3) is 0 Å². The van der Waals surface area contributed by atoms with Crippen LogP contribution in [-0.2, 0) is 4.79 Å². The van der Waals surface area contributed by atoms with Gasteiger partial charge in [0.05, 0.1) is 5.33 Å². The molecule has 0 radical (unpaired) electrons. The number of halogens is 1. The third-order valence-electron chi connectivity index (χ3n) is 1.97. The Labute approximate surface area is 69.5 Å². The number of nitrogens with one attached hydrogen (secondary N) is 1. The van der Waals surface area contributed by atoms with Crippen LogP contribution in [0.2, 0.25) is 0 Å². The van der Waals surface area contributed by atoms with Gasteiger partial charge in [-0.3, -0.25) is 4.79 Å². The third-order valence-corrected chi connectivity index (χ3v) is 2.48. The molecule has 1 N–H and O–H groups in total. The van der Waals surface area contributed by atoms with E-state index >= 15 is 0 Å². The summed E-state index contributed by atoms with van der Waals surface area (Å²) in [7, 11) is 0. The van der Waals surface area contributed by atoms with Crippen molar-refractivity contribution in [3.63, 3.8) is 0 Å². The predicted octanol–water partition coefficient (Wildman–Crippen LogP) is 1.30. The summed E-state index contributed by atoms with van der Waals surface area (Å²) >= 11 is 3.10. The van der Waals surface area contributed by atoms with E-state index in [0.29, 0.717) is 16.8 Å². The van der Waals surface area contributed by atoms with Gasteiger partial charge in [0.2, 0.25) is 5.91 Å². The molecule has 1 unspecified atom stereocenters. The minimum Gasteiger partial charge on any atom is -0.352 e. The summed E-state index contributed by atoms with van der Waals surface area (Å²) < 4.78 is 0. The van der Waals surface area contributed by atoms with Gasteiger partial charge < -0.3 is 5.32 Å². The molecule has 1 amide bonds. The molecule has 0 aliphatic heterocycles. The third kappa shape index (κ3) is 1.72. The van der Waals surface area contributed by atoms with Gasteiger partial charge in [-0.15, -0.1) is 0 Å². The first kappa shape index (κ1) is 8.05. The van der Waals surface area contributed by atoms with E-state index in [-0.39, 0.29) is 5.91 Å². The molecule has 10 heavy (non-hydrogen) atoms. The summed E-state index contributed by atoms with van der Waals surface area (Å²) in [5.41, 5.74) is 0.345. The van der Waals surface area contributed by atoms with Gasteiger partial charge in [0.25, 0.3) is 0 Å². The fourth-order valence-corrected chi connectivity index (χ4v) is 1.11. The standard InChI is InChI=1S/C7H12BrNO/c1-7(2)3-5(7)9-6(10)4-8/h5H,3-4H2,1-2H3,(H,9,10). The quantitative estimate of drug-likeness (QED) is 0.678. The molecule has 3 heteroatoms. The lowest BCUT2D eigenvalue weighted by Gasteiger charge is -2.03. The van der Waals surface area contributed by atoms with E-state index in [9.17, 15) is 4.79 Å². The topological polar surface area (TPSA) is 29.1 Å². The van der Waals surface area contributed by atoms with Crippen molar-refractivity contribution in [1.29, 1.82) is 0 Å². The molecule has 0 aromatic carbocycles. The van der Waals surface area contributed by atoms with Gasteiger partial charge >= 0.3 is 0 Å². The molecule has 0 heterocycles. The zero-order chi connectivity index (χ0) is 7.78. The van der Waals surface area contributed by atoms with Crippen LogP contribution in [0.4, 0.5) is 0 Å². The molecular formula is C7H12BrNO. The van der Waals surface area contributed by atoms with Gasteiger partial charge in [0, 0.05) is 6.04 Å². The van der Waals surface area contributed by atoms with Crippen LogP contribution in [0.3, 0.4) is 0 Å². The van der Waals surface area contributed by atoms with Gasteiger partial charge in [-0.2, -0.15) is 0 Å². The summed E-state index contributed by atoms with van der Waals surface area (Å²) in [6.07, 6.45) is 1.12. The monoisotopic (exact) mass is 205 g/mol. The summed E-state index contributed by atoms with van der Waals surface area (Å²) in [5.74, 6) is 0.0931. The van der Waals surface area contributed by atoms with Crippen molar-refractivity contribution >= 4 is 21.8 Å². The number of carbonyl (C=O) groups is 1. The average Bonchev–Trinajstić information content (AvgIpc) is 2.40. The van der Waals surface area contributed by atoms with Crippen LogP contribution in [0.5, 0.6) is 0 Å². The molecule has 0 aromatic heterocycles. The molecule has 1 atom stereocenters. The zero-order valence-electron chi connectivity index (χ0n) is 6.28. The Balaban J connectivity index is 2.24. The second-order valence-corrected chi connectivity index (χ2v) is 4.01. The van der Waals surface area contributed by atoms with E-state index in [0.717, 1.165) is 6.42 Å². The Kier molecular flexibility index (Phi) is 2.04. The fraction of sp³-hybridized carbons (Fsp3) is 0.857. The van der Waals surface area contributed by atoms with Crippen molar-refractivity contribution < 1.29 is 4.79 Å². The molecule has 2 nitrogen and oxygen atoms in total. The molecule has 1 rings (SSSR count). The molecule has 1 aliphatic carbocycles. The van der Waals surface area contributed by atoms with E-state index in [1.807, 2.05) is 0 Å². The summed E-state index contributed by atoms with van der Waals surface area (Å²) in [4.78, 5) is 10.8. The SMILES string of the molecule is CC1(C)CC1NC(=O)CBr. The van der Waals surface area contributed by atoms with Crippen LogP contribution >= 0.6 is 15.9 Å². The molecule has 1 aliphatic rings. The highest BCUT2D eigenvalue weighted by Gasteiger charge is 2.46. The van der Waals surface area contributed by atoms with Crippen LogP contribution in [0.1, 0.15) is 20.3 Å². The van der Waals surface area contributed by atoms with Gasteiger partial charge in [0.15, 0.2) is 0 Å². The maximum Gasteiger partial charge on any atom is 0.230 e. The number of rotatable bonds is 2. The largest absolute Gasteiger partial charge is 0.352 e. The zero-order valence-corrected chi connectivity index (χ0v) is 7.86. The van der Waals surface area contributed by atoms with Crippen molar-refractivity contribution in [3.8, 4) is 0 Å². The van der Waals surface area contributed by atoms with Crippen LogP contribution in [0.15, 0.2) is 0 Å². The van der Waals surface area contributed by atoms with E-state index in [1.54, 1.807) is 0 Å². The predicted molar refractivity (Wildman–Crippen MR) is 44.1 cm³/mol. The first-order chi connectivity index (χ1) is 4.56. The minimum atomic E-state index is 0.0931. The van der Waals surface area contributed by atoms with Crippen molar-refractivity contribution in [3.05, 3.63) is 0 Å².